The van der Waals surface area contributed by atoms with Crippen molar-refractivity contribution >= 4 is 16.7 Å². The lowest BCUT2D eigenvalue weighted by Gasteiger charge is -2.29. The summed E-state index contributed by atoms with van der Waals surface area (Å²) in [6.07, 6.45) is 3.65. The molecule has 6 heteroatoms. The normalized spacial score (nSPS) is 17.0. The third kappa shape index (κ3) is 2.85. The number of methoxy groups -OCH3 is 1. The predicted molar refractivity (Wildman–Crippen MR) is 81.6 cm³/mol. The Morgan fingerprint density at radius 3 is 2.71 bits per heavy atom. The molecule has 0 saturated carbocycles. The number of benzene rings is 1. The van der Waals surface area contributed by atoms with Crippen molar-refractivity contribution in [3.05, 3.63) is 18.5 Å². The summed E-state index contributed by atoms with van der Waals surface area (Å²) in [5, 5.41) is 0.761. The number of likely N-dealkylation sites (tertiary alicyclic amines) is 1. The van der Waals surface area contributed by atoms with Gasteiger partial charge >= 0.3 is 0 Å². The van der Waals surface area contributed by atoms with E-state index in [0.29, 0.717) is 17.3 Å². The summed E-state index contributed by atoms with van der Waals surface area (Å²) in [6.45, 7) is 2.08. The lowest BCUT2D eigenvalue weighted by Crippen LogP contribution is -2.35. The molecule has 0 atom stereocenters. The van der Waals surface area contributed by atoms with E-state index in [2.05, 4.69) is 21.9 Å². The van der Waals surface area contributed by atoms with Gasteiger partial charge in [0.15, 0.2) is 0 Å². The molecule has 21 heavy (non-hydrogen) atoms. The molecule has 0 spiro atoms. The second-order valence-corrected chi connectivity index (χ2v) is 5.40. The average Bonchev–Trinajstić information content (AvgIpc) is 2.49. The van der Waals surface area contributed by atoms with Crippen molar-refractivity contribution in [1.82, 2.24) is 14.9 Å². The van der Waals surface area contributed by atoms with Gasteiger partial charge in [-0.05, 0) is 19.9 Å². The Bertz CT molecular complexity index is 639. The first-order chi connectivity index (χ1) is 10.2. The smallest absolute Gasteiger partial charge is 0.138 e. The number of anilines is 1. The van der Waals surface area contributed by atoms with E-state index in [1.807, 2.05) is 12.1 Å². The van der Waals surface area contributed by atoms with Crippen LogP contribution in [0.5, 0.6) is 11.5 Å². The number of hydrogen-bond donors (Lipinski definition) is 1. The van der Waals surface area contributed by atoms with Crippen LogP contribution in [-0.2, 0) is 0 Å². The molecule has 0 radical (unpaired) electrons. The van der Waals surface area contributed by atoms with Crippen LogP contribution >= 0.6 is 0 Å². The van der Waals surface area contributed by atoms with Gasteiger partial charge in [-0.25, -0.2) is 9.97 Å². The zero-order chi connectivity index (χ0) is 14.8. The molecular weight excluding hydrogens is 268 g/mol. The molecule has 0 amide bonds. The lowest BCUT2D eigenvalue weighted by molar-refractivity contribution is 0.115. The van der Waals surface area contributed by atoms with E-state index in [-0.39, 0.29) is 6.10 Å². The highest BCUT2D eigenvalue weighted by molar-refractivity contribution is 5.94. The van der Waals surface area contributed by atoms with Crippen LogP contribution in [-0.4, -0.2) is 48.2 Å². The number of fused-ring (bicyclic) bond motifs is 1. The van der Waals surface area contributed by atoms with Crippen LogP contribution in [0.1, 0.15) is 12.8 Å². The minimum atomic E-state index is 0.191. The fourth-order valence-corrected chi connectivity index (χ4v) is 2.65. The van der Waals surface area contributed by atoms with Crippen LogP contribution < -0.4 is 15.2 Å². The topological polar surface area (TPSA) is 73.5 Å². The molecule has 1 aliphatic heterocycles. The number of nitrogens with zero attached hydrogens (tertiary/aromatic N) is 3. The van der Waals surface area contributed by atoms with Crippen molar-refractivity contribution in [3.8, 4) is 11.5 Å². The summed E-state index contributed by atoms with van der Waals surface area (Å²) in [5.74, 6) is 1.85. The lowest BCUT2D eigenvalue weighted by atomic mass is 10.1. The molecule has 112 valence electrons. The van der Waals surface area contributed by atoms with Gasteiger partial charge in [-0.1, -0.05) is 0 Å². The minimum absolute atomic E-state index is 0.191. The Morgan fingerprint density at radius 2 is 2.00 bits per heavy atom. The van der Waals surface area contributed by atoms with Crippen LogP contribution in [0.2, 0.25) is 0 Å². The molecule has 6 nitrogen and oxygen atoms in total. The van der Waals surface area contributed by atoms with Crippen molar-refractivity contribution in [1.29, 1.82) is 0 Å². The highest BCUT2D eigenvalue weighted by atomic mass is 16.5. The van der Waals surface area contributed by atoms with Gasteiger partial charge in [0.25, 0.3) is 0 Å². The highest BCUT2D eigenvalue weighted by Crippen LogP contribution is 2.34. The quantitative estimate of drug-likeness (QED) is 0.926. The highest BCUT2D eigenvalue weighted by Gasteiger charge is 2.20. The Kier molecular flexibility index (Phi) is 3.79. The fraction of sp³-hybridized carbons (Fsp3) is 0.467. The number of aromatic nitrogens is 2. The van der Waals surface area contributed by atoms with Gasteiger partial charge in [-0.3, -0.25) is 0 Å². The Hall–Kier alpha value is -2.08. The first-order valence-corrected chi connectivity index (χ1v) is 7.11. The Balaban J connectivity index is 1.96. The number of piperidine rings is 1. The summed E-state index contributed by atoms with van der Waals surface area (Å²) in [5.41, 5.74) is 6.74. The van der Waals surface area contributed by atoms with E-state index < -0.39 is 0 Å². The predicted octanol–water partition coefficient (Wildman–Crippen LogP) is 1.69. The molecule has 0 bridgehead atoms. The van der Waals surface area contributed by atoms with Crippen molar-refractivity contribution in [2.75, 3.05) is 33.0 Å². The molecular formula is C15H20N4O2. The largest absolute Gasteiger partial charge is 0.497 e. The maximum atomic E-state index is 6.17. The zero-order valence-electron chi connectivity index (χ0n) is 12.4. The van der Waals surface area contributed by atoms with Gasteiger partial charge in [0.1, 0.15) is 29.7 Å². The summed E-state index contributed by atoms with van der Waals surface area (Å²) in [4.78, 5) is 10.6. The van der Waals surface area contributed by atoms with E-state index in [4.69, 9.17) is 15.2 Å². The minimum Gasteiger partial charge on any atom is -0.497 e. The summed E-state index contributed by atoms with van der Waals surface area (Å²) < 4.78 is 11.5. The molecule has 1 aromatic heterocycles. The number of ether oxygens (including phenoxy) is 2. The second kappa shape index (κ2) is 5.73. The van der Waals surface area contributed by atoms with Gasteiger partial charge in [-0.15, -0.1) is 0 Å². The molecule has 1 aliphatic rings. The van der Waals surface area contributed by atoms with E-state index in [9.17, 15) is 0 Å². The van der Waals surface area contributed by atoms with Gasteiger partial charge < -0.3 is 20.1 Å². The van der Waals surface area contributed by atoms with Gasteiger partial charge in [0, 0.05) is 25.2 Å². The van der Waals surface area contributed by atoms with E-state index in [1.54, 1.807) is 7.11 Å². The number of rotatable bonds is 3. The summed E-state index contributed by atoms with van der Waals surface area (Å²) in [7, 11) is 3.76. The standard InChI is InChI=1S/C15H20N4O2/c1-19-5-3-10(4-6-19)21-13-8-11(20-2)7-12-14(13)15(16)18-9-17-12/h7-10H,3-6H2,1-2H3,(H2,16,17,18). The van der Waals surface area contributed by atoms with Gasteiger partial charge in [0.05, 0.1) is 18.0 Å². The third-order valence-electron chi connectivity index (χ3n) is 3.90. The van der Waals surface area contributed by atoms with Crippen LogP contribution in [0.3, 0.4) is 0 Å². The maximum absolute atomic E-state index is 6.17. The first-order valence-electron chi connectivity index (χ1n) is 7.11. The van der Waals surface area contributed by atoms with Crippen LogP contribution in [0, 0.1) is 0 Å². The van der Waals surface area contributed by atoms with E-state index in [0.717, 1.165) is 36.8 Å². The molecule has 2 heterocycles. The monoisotopic (exact) mass is 288 g/mol. The van der Waals surface area contributed by atoms with Crippen molar-refractivity contribution in [2.45, 2.75) is 18.9 Å². The van der Waals surface area contributed by atoms with Gasteiger partial charge in [0.2, 0.25) is 0 Å². The number of nitrogen functional groups attached to an aromatic ring is 1. The molecule has 2 aromatic rings. The molecule has 0 unspecified atom stereocenters. The summed E-state index contributed by atoms with van der Waals surface area (Å²) in [6, 6.07) is 3.70. The van der Waals surface area contributed by atoms with Crippen molar-refractivity contribution in [2.24, 2.45) is 0 Å². The Morgan fingerprint density at radius 1 is 1.24 bits per heavy atom. The molecule has 2 N–H and O–H groups in total. The fourth-order valence-electron chi connectivity index (χ4n) is 2.65. The molecule has 0 aliphatic carbocycles. The molecule has 1 aromatic carbocycles. The number of nitrogens with two attached hydrogens (primary N) is 1. The SMILES string of the molecule is COc1cc(OC2CCN(C)CC2)c2c(N)ncnc2c1. The van der Waals surface area contributed by atoms with Crippen molar-refractivity contribution in [3.63, 3.8) is 0 Å². The summed E-state index contributed by atoms with van der Waals surface area (Å²) >= 11 is 0. The molecule has 1 fully saturated rings. The maximum Gasteiger partial charge on any atom is 0.138 e. The second-order valence-electron chi connectivity index (χ2n) is 5.40. The van der Waals surface area contributed by atoms with E-state index in [1.165, 1.54) is 6.33 Å². The van der Waals surface area contributed by atoms with Crippen LogP contribution in [0.4, 0.5) is 5.82 Å². The number of hydrogen-bond acceptors (Lipinski definition) is 6. The molecule has 1 saturated heterocycles. The van der Waals surface area contributed by atoms with E-state index >= 15 is 0 Å². The van der Waals surface area contributed by atoms with Crippen LogP contribution in [0.15, 0.2) is 18.5 Å². The third-order valence-corrected chi connectivity index (χ3v) is 3.90. The Labute approximate surface area is 123 Å². The van der Waals surface area contributed by atoms with Gasteiger partial charge in [-0.2, -0.15) is 0 Å². The molecule has 3 rings (SSSR count). The van der Waals surface area contributed by atoms with Crippen LogP contribution in [0.25, 0.3) is 10.9 Å². The average molecular weight is 288 g/mol. The first kappa shape index (κ1) is 13.9. The van der Waals surface area contributed by atoms with Crippen molar-refractivity contribution < 1.29 is 9.47 Å². The zero-order valence-corrected chi connectivity index (χ0v) is 12.4.